The van der Waals surface area contributed by atoms with Crippen LogP contribution >= 0.6 is 0 Å². The highest BCUT2D eigenvalue weighted by Gasteiger charge is 2.32. The maximum absolute atomic E-state index is 12.8. The van der Waals surface area contributed by atoms with E-state index in [0.29, 0.717) is 16.5 Å². The fourth-order valence-corrected chi connectivity index (χ4v) is 2.08. The summed E-state index contributed by atoms with van der Waals surface area (Å²) >= 11 is 0. The SMILES string of the molecule is O=c1nc(-c2cccc3ncccc23)cc(C(F)(F)F)[nH]1. The fourth-order valence-electron chi connectivity index (χ4n) is 2.08. The first-order valence-corrected chi connectivity index (χ1v) is 5.98. The third kappa shape index (κ3) is 2.49. The molecule has 0 atom stereocenters. The molecule has 106 valence electrons. The van der Waals surface area contributed by atoms with E-state index in [4.69, 9.17) is 0 Å². The summed E-state index contributed by atoms with van der Waals surface area (Å²) in [6, 6.07) is 9.20. The Morgan fingerprint density at radius 1 is 1.10 bits per heavy atom. The van der Waals surface area contributed by atoms with E-state index in [-0.39, 0.29) is 5.69 Å². The van der Waals surface area contributed by atoms with E-state index < -0.39 is 17.6 Å². The Morgan fingerprint density at radius 3 is 2.67 bits per heavy atom. The zero-order valence-electron chi connectivity index (χ0n) is 10.5. The van der Waals surface area contributed by atoms with Crippen LogP contribution in [0.1, 0.15) is 5.69 Å². The lowest BCUT2D eigenvalue weighted by Crippen LogP contribution is -2.19. The molecule has 0 aliphatic heterocycles. The van der Waals surface area contributed by atoms with Gasteiger partial charge < -0.3 is 4.98 Å². The maximum Gasteiger partial charge on any atom is 0.431 e. The Labute approximate surface area is 116 Å². The monoisotopic (exact) mass is 291 g/mol. The molecule has 0 spiro atoms. The normalized spacial score (nSPS) is 11.8. The van der Waals surface area contributed by atoms with Gasteiger partial charge in [-0.1, -0.05) is 18.2 Å². The van der Waals surface area contributed by atoms with Gasteiger partial charge >= 0.3 is 11.9 Å². The number of nitrogens with one attached hydrogen (secondary N) is 1. The number of alkyl halides is 3. The van der Waals surface area contributed by atoms with Crippen molar-refractivity contribution in [3.8, 4) is 11.3 Å². The van der Waals surface area contributed by atoms with Gasteiger partial charge in [-0.3, -0.25) is 4.98 Å². The van der Waals surface area contributed by atoms with Gasteiger partial charge in [0.05, 0.1) is 11.2 Å². The van der Waals surface area contributed by atoms with E-state index in [1.807, 2.05) is 0 Å². The molecule has 0 unspecified atom stereocenters. The summed E-state index contributed by atoms with van der Waals surface area (Å²) in [5.74, 6) is 0. The number of pyridine rings is 1. The van der Waals surface area contributed by atoms with E-state index in [0.717, 1.165) is 6.07 Å². The predicted molar refractivity (Wildman–Crippen MR) is 70.6 cm³/mol. The van der Waals surface area contributed by atoms with Gasteiger partial charge in [-0.25, -0.2) is 4.79 Å². The number of fused-ring (bicyclic) bond motifs is 1. The van der Waals surface area contributed by atoms with Crippen LogP contribution < -0.4 is 5.69 Å². The molecule has 4 nitrogen and oxygen atoms in total. The summed E-state index contributed by atoms with van der Waals surface area (Å²) in [5, 5.41) is 0.631. The second-order valence-electron chi connectivity index (χ2n) is 4.36. The number of halogens is 3. The van der Waals surface area contributed by atoms with Crippen molar-refractivity contribution in [1.82, 2.24) is 15.0 Å². The highest BCUT2D eigenvalue weighted by Crippen LogP contribution is 2.31. The number of aromatic amines is 1. The largest absolute Gasteiger partial charge is 0.431 e. The molecule has 7 heteroatoms. The second-order valence-corrected chi connectivity index (χ2v) is 4.36. The zero-order chi connectivity index (χ0) is 15.0. The number of hydrogen-bond donors (Lipinski definition) is 1. The Bertz CT molecular complexity index is 866. The van der Waals surface area contributed by atoms with Gasteiger partial charge in [-0.05, 0) is 18.2 Å². The van der Waals surface area contributed by atoms with E-state index >= 15 is 0 Å². The first-order valence-electron chi connectivity index (χ1n) is 5.98. The smallest absolute Gasteiger partial charge is 0.302 e. The van der Waals surface area contributed by atoms with Crippen LogP contribution in [-0.4, -0.2) is 15.0 Å². The number of benzene rings is 1. The van der Waals surface area contributed by atoms with Crippen molar-refractivity contribution in [2.24, 2.45) is 0 Å². The van der Waals surface area contributed by atoms with Crippen LogP contribution in [0.5, 0.6) is 0 Å². The molecule has 3 rings (SSSR count). The minimum absolute atomic E-state index is 0.0373. The number of nitrogens with zero attached hydrogens (tertiary/aromatic N) is 2. The molecule has 3 aromatic rings. The fraction of sp³-hybridized carbons (Fsp3) is 0.0714. The Kier molecular flexibility index (Phi) is 2.97. The number of H-pyrrole nitrogens is 1. The van der Waals surface area contributed by atoms with Gasteiger partial charge in [0.1, 0.15) is 5.69 Å². The summed E-state index contributed by atoms with van der Waals surface area (Å²) in [4.78, 5) is 20.8. The molecule has 1 aromatic carbocycles. The van der Waals surface area contributed by atoms with Crippen LogP contribution in [0.4, 0.5) is 13.2 Å². The van der Waals surface area contributed by atoms with Gasteiger partial charge in [0, 0.05) is 17.1 Å². The summed E-state index contributed by atoms with van der Waals surface area (Å²) < 4.78 is 38.3. The summed E-state index contributed by atoms with van der Waals surface area (Å²) in [5.41, 5.74) is -1.16. The van der Waals surface area contributed by atoms with Crippen LogP contribution in [0.2, 0.25) is 0 Å². The molecule has 0 aliphatic carbocycles. The van der Waals surface area contributed by atoms with E-state index in [1.165, 1.54) is 0 Å². The lowest BCUT2D eigenvalue weighted by atomic mass is 10.0. The van der Waals surface area contributed by atoms with E-state index in [9.17, 15) is 18.0 Å². The summed E-state index contributed by atoms with van der Waals surface area (Å²) in [6.45, 7) is 0. The van der Waals surface area contributed by atoms with Crippen molar-refractivity contribution < 1.29 is 13.2 Å². The van der Waals surface area contributed by atoms with Crippen molar-refractivity contribution in [1.29, 1.82) is 0 Å². The number of aromatic nitrogens is 3. The van der Waals surface area contributed by atoms with Crippen LogP contribution in [0.3, 0.4) is 0 Å². The summed E-state index contributed by atoms with van der Waals surface area (Å²) in [7, 11) is 0. The highest BCUT2D eigenvalue weighted by atomic mass is 19.4. The lowest BCUT2D eigenvalue weighted by molar-refractivity contribution is -0.141. The van der Waals surface area contributed by atoms with Gasteiger partial charge in [0.2, 0.25) is 0 Å². The Balaban J connectivity index is 2.29. The van der Waals surface area contributed by atoms with Gasteiger partial charge in [0.15, 0.2) is 0 Å². The summed E-state index contributed by atoms with van der Waals surface area (Å²) in [6.07, 6.45) is -3.06. The molecule has 1 N–H and O–H groups in total. The van der Waals surface area contributed by atoms with Gasteiger partial charge in [0.25, 0.3) is 0 Å². The standard InChI is InChI=1S/C14H8F3N3O/c15-14(16,17)12-7-11(19-13(21)20-12)9-3-1-5-10-8(9)4-2-6-18-10/h1-7H,(H,19,20,21). The molecule has 0 saturated carbocycles. The molecular weight excluding hydrogens is 283 g/mol. The average molecular weight is 291 g/mol. The maximum atomic E-state index is 12.8. The molecule has 0 aliphatic rings. The third-order valence-corrected chi connectivity index (χ3v) is 2.97. The average Bonchev–Trinajstić information content (AvgIpc) is 2.45. The molecule has 21 heavy (non-hydrogen) atoms. The first kappa shape index (κ1) is 13.3. The van der Waals surface area contributed by atoms with Crippen LogP contribution in [0.25, 0.3) is 22.2 Å². The minimum atomic E-state index is -4.64. The molecular formula is C14H8F3N3O. The van der Waals surface area contributed by atoms with Gasteiger partial charge in [-0.15, -0.1) is 0 Å². The van der Waals surface area contributed by atoms with Crippen molar-refractivity contribution in [3.63, 3.8) is 0 Å². The van der Waals surface area contributed by atoms with E-state index in [1.54, 1.807) is 41.5 Å². The van der Waals surface area contributed by atoms with E-state index in [2.05, 4.69) is 9.97 Å². The van der Waals surface area contributed by atoms with Gasteiger partial charge in [-0.2, -0.15) is 18.2 Å². The van der Waals surface area contributed by atoms with Crippen molar-refractivity contribution >= 4 is 10.9 Å². The highest BCUT2D eigenvalue weighted by molar-refractivity contribution is 5.93. The zero-order valence-corrected chi connectivity index (χ0v) is 10.5. The Morgan fingerprint density at radius 2 is 1.90 bits per heavy atom. The predicted octanol–water partition coefficient (Wildman–Crippen LogP) is 3.00. The Hall–Kier alpha value is -2.70. The van der Waals surface area contributed by atoms with Crippen LogP contribution in [-0.2, 0) is 6.18 Å². The first-order chi connectivity index (χ1) is 9.95. The minimum Gasteiger partial charge on any atom is -0.302 e. The molecule has 2 aromatic heterocycles. The molecule has 0 bridgehead atoms. The van der Waals surface area contributed by atoms with Crippen molar-refractivity contribution in [2.45, 2.75) is 6.18 Å². The van der Waals surface area contributed by atoms with Crippen LogP contribution in [0, 0.1) is 0 Å². The molecule has 2 heterocycles. The van der Waals surface area contributed by atoms with Crippen molar-refractivity contribution in [3.05, 3.63) is 58.8 Å². The molecule has 0 radical (unpaired) electrons. The quantitative estimate of drug-likeness (QED) is 0.749. The topological polar surface area (TPSA) is 58.6 Å². The molecule has 0 amide bonds. The number of hydrogen-bond acceptors (Lipinski definition) is 3. The molecule has 0 saturated heterocycles. The van der Waals surface area contributed by atoms with Crippen molar-refractivity contribution in [2.75, 3.05) is 0 Å². The van der Waals surface area contributed by atoms with Crippen LogP contribution in [0.15, 0.2) is 47.4 Å². The molecule has 0 fully saturated rings. The number of rotatable bonds is 1. The lowest BCUT2D eigenvalue weighted by Gasteiger charge is -2.09. The second kappa shape index (κ2) is 4.69. The third-order valence-electron chi connectivity index (χ3n) is 2.97.